The lowest BCUT2D eigenvalue weighted by molar-refractivity contribution is -0.167. The first-order valence-corrected chi connectivity index (χ1v) is 28.8. The van der Waals surface area contributed by atoms with Gasteiger partial charge in [-0.15, -0.1) is 0 Å². The predicted molar refractivity (Wildman–Crippen MR) is 279 cm³/mol. The molecule has 0 spiro atoms. The first-order valence-electron chi connectivity index (χ1n) is 28.8. The van der Waals surface area contributed by atoms with Gasteiger partial charge in [0.2, 0.25) is 0 Å². The van der Waals surface area contributed by atoms with Gasteiger partial charge in [-0.25, -0.2) is 0 Å². The maximum atomic E-state index is 12.8. The third-order valence-corrected chi connectivity index (χ3v) is 12.9. The fourth-order valence-electron chi connectivity index (χ4n) is 8.54. The number of rotatable bonds is 53. The molecule has 0 saturated carbocycles. The minimum Gasteiger partial charge on any atom is -0.462 e. The van der Waals surface area contributed by atoms with Gasteiger partial charge in [0.15, 0.2) is 6.10 Å². The van der Waals surface area contributed by atoms with E-state index in [0.29, 0.717) is 19.3 Å². The Labute approximate surface area is 404 Å². The molecule has 0 aliphatic carbocycles. The third-order valence-electron chi connectivity index (χ3n) is 12.9. The molecule has 6 nitrogen and oxygen atoms in total. The lowest BCUT2D eigenvalue weighted by Crippen LogP contribution is -2.30. The zero-order valence-corrected chi connectivity index (χ0v) is 43.8. The largest absolute Gasteiger partial charge is 0.462 e. The van der Waals surface area contributed by atoms with Crippen LogP contribution in [0.15, 0.2) is 24.3 Å². The summed E-state index contributed by atoms with van der Waals surface area (Å²) >= 11 is 0. The Hall–Kier alpha value is -2.11. The Kier molecular flexibility index (Phi) is 52.7. The van der Waals surface area contributed by atoms with E-state index in [0.717, 1.165) is 77.0 Å². The fraction of sp³-hybridized carbons (Fsp3) is 0.881. The zero-order valence-electron chi connectivity index (χ0n) is 43.8. The number of carbonyl (C=O) groups is 3. The van der Waals surface area contributed by atoms with E-state index in [-0.39, 0.29) is 31.1 Å². The van der Waals surface area contributed by atoms with Crippen molar-refractivity contribution >= 4 is 17.9 Å². The van der Waals surface area contributed by atoms with Gasteiger partial charge in [-0.05, 0) is 64.2 Å². The summed E-state index contributed by atoms with van der Waals surface area (Å²) in [5, 5.41) is 0. The molecule has 0 unspecified atom stereocenters. The van der Waals surface area contributed by atoms with Crippen LogP contribution in [0.3, 0.4) is 0 Å². The average molecular weight is 916 g/mol. The smallest absolute Gasteiger partial charge is 0.306 e. The topological polar surface area (TPSA) is 78.9 Å². The van der Waals surface area contributed by atoms with E-state index in [2.05, 4.69) is 45.1 Å². The van der Waals surface area contributed by atoms with E-state index in [1.807, 2.05) is 0 Å². The van der Waals surface area contributed by atoms with Crippen molar-refractivity contribution in [2.24, 2.45) is 0 Å². The van der Waals surface area contributed by atoms with Gasteiger partial charge in [-0.2, -0.15) is 0 Å². The third kappa shape index (κ3) is 52.7. The molecular weight excluding hydrogens is 805 g/mol. The molecule has 0 heterocycles. The molecule has 0 aliphatic rings. The van der Waals surface area contributed by atoms with Crippen LogP contribution in [0.5, 0.6) is 0 Å². The molecule has 382 valence electrons. The molecule has 0 rings (SSSR count). The van der Waals surface area contributed by atoms with Gasteiger partial charge in [-0.1, -0.05) is 257 Å². The summed E-state index contributed by atoms with van der Waals surface area (Å²) in [7, 11) is 0. The number of allylic oxidation sites excluding steroid dienone is 4. The van der Waals surface area contributed by atoms with Gasteiger partial charge in [0, 0.05) is 19.3 Å². The van der Waals surface area contributed by atoms with Crippen molar-refractivity contribution in [1.82, 2.24) is 0 Å². The van der Waals surface area contributed by atoms with Crippen LogP contribution < -0.4 is 0 Å². The summed E-state index contributed by atoms with van der Waals surface area (Å²) in [4.78, 5) is 38.1. The summed E-state index contributed by atoms with van der Waals surface area (Å²) < 4.78 is 16.8. The highest BCUT2D eigenvalue weighted by molar-refractivity contribution is 5.71. The Morgan fingerprint density at radius 3 is 0.815 bits per heavy atom. The highest BCUT2D eigenvalue weighted by Crippen LogP contribution is 2.17. The van der Waals surface area contributed by atoms with E-state index < -0.39 is 6.10 Å². The SMILES string of the molecule is CCCC/C=C\CCCCCCCC(=O)O[C@H](COC(=O)CCCCCCC/C=C\CCCCCCCC)COC(=O)CCCCCCCCCCCCCCCCCCCCCCC. The number of hydrogen-bond acceptors (Lipinski definition) is 6. The van der Waals surface area contributed by atoms with Crippen molar-refractivity contribution in [2.45, 2.75) is 322 Å². The van der Waals surface area contributed by atoms with Gasteiger partial charge in [0.1, 0.15) is 13.2 Å². The van der Waals surface area contributed by atoms with Gasteiger partial charge in [0.05, 0.1) is 0 Å². The van der Waals surface area contributed by atoms with Crippen molar-refractivity contribution in [3.63, 3.8) is 0 Å². The van der Waals surface area contributed by atoms with Gasteiger partial charge >= 0.3 is 17.9 Å². The van der Waals surface area contributed by atoms with Crippen molar-refractivity contribution in [2.75, 3.05) is 13.2 Å². The van der Waals surface area contributed by atoms with Crippen molar-refractivity contribution < 1.29 is 28.6 Å². The number of esters is 3. The van der Waals surface area contributed by atoms with Crippen LogP contribution in [0.2, 0.25) is 0 Å². The second kappa shape index (κ2) is 54.5. The first-order chi connectivity index (χ1) is 32.0. The molecule has 6 heteroatoms. The molecule has 0 fully saturated rings. The zero-order chi connectivity index (χ0) is 47.2. The van der Waals surface area contributed by atoms with E-state index in [1.54, 1.807) is 0 Å². The Balaban J connectivity index is 4.24. The van der Waals surface area contributed by atoms with Crippen LogP contribution in [-0.4, -0.2) is 37.2 Å². The van der Waals surface area contributed by atoms with Gasteiger partial charge in [-0.3, -0.25) is 14.4 Å². The summed E-state index contributed by atoms with van der Waals surface area (Å²) in [6.07, 6.45) is 63.2. The molecule has 0 bridgehead atoms. The van der Waals surface area contributed by atoms with Crippen LogP contribution in [0.25, 0.3) is 0 Å². The molecule has 0 N–H and O–H groups in total. The normalized spacial score (nSPS) is 12.1. The summed E-state index contributed by atoms with van der Waals surface area (Å²) in [6, 6.07) is 0. The molecule has 0 aromatic carbocycles. The number of unbranched alkanes of at least 4 members (excludes halogenated alkanes) is 38. The lowest BCUT2D eigenvalue weighted by atomic mass is 10.0. The van der Waals surface area contributed by atoms with Crippen molar-refractivity contribution in [3.05, 3.63) is 24.3 Å². The molecule has 0 amide bonds. The van der Waals surface area contributed by atoms with Crippen molar-refractivity contribution in [1.29, 1.82) is 0 Å². The first kappa shape index (κ1) is 62.9. The minimum atomic E-state index is -0.774. The van der Waals surface area contributed by atoms with Crippen LogP contribution in [0, 0.1) is 0 Å². The second-order valence-corrected chi connectivity index (χ2v) is 19.6. The number of hydrogen-bond donors (Lipinski definition) is 0. The minimum absolute atomic E-state index is 0.0731. The molecule has 1 atom stereocenters. The predicted octanol–water partition coefficient (Wildman–Crippen LogP) is 19.1. The lowest BCUT2D eigenvalue weighted by Gasteiger charge is -2.18. The monoisotopic (exact) mass is 915 g/mol. The molecule has 65 heavy (non-hydrogen) atoms. The number of carbonyl (C=O) groups excluding carboxylic acids is 3. The van der Waals surface area contributed by atoms with Gasteiger partial charge < -0.3 is 14.2 Å². The second-order valence-electron chi connectivity index (χ2n) is 19.6. The Morgan fingerprint density at radius 1 is 0.292 bits per heavy atom. The highest BCUT2D eigenvalue weighted by atomic mass is 16.6. The van der Waals surface area contributed by atoms with Crippen LogP contribution in [0.4, 0.5) is 0 Å². The fourth-order valence-corrected chi connectivity index (χ4v) is 8.54. The molecule has 0 aliphatic heterocycles. The van der Waals surface area contributed by atoms with E-state index in [9.17, 15) is 14.4 Å². The molecular formula is C59H110O6. The highest BCUT2D eigenvalue weighted by Gasteiger charge is 2.19. The van der Waals surface area contributed by atoms with E-state index >= 15 is 0 Å². The molecule has 0 aromatic rings. The van der Waals surface area contributed by atoms with Crippen LogP contribution in [0.1, 0.15) is 316 Å². The van der Waals surface area contributed by atoms with Crippen molar-refractivity contribution in [3.8, 4) is 0 Å². The van der Waals surface area contributed by atoms with Gasteiger partial charge in [0.25, 0.3) is 0 Å². The average Bonchev–Trinajstić information content (AvgIpc) is 3.30. The quantitative estimate of drug-likeness (QED) is 0.0262. The van der Waals surface area contributed by atoms with Crippen LogP contribution in [-0.2, 0) is 28.6 Å². The maximum Gasteiger partial charge on any atom is 0.306 e. The number of ether oxygens (including phenoxy) is 3. The molecule has 0 aromatic heterocycles. The molecule has 0 saturated heterocycles. The maximum absolute atomic E-state index is 12.8. The molecule has 0 radical (unpaired) electrons. The Morgan fingerprint density at radius 2 is 0.523 bits per heavy atom. The van der Waals surface area contributed by atoms with E-state index in [1.165, 1.54) is 199 Å². The Bertz CT molecular complexity index is 1050. The summed E-state index contributed by atoms with van der Waals surface area (Å²) in [5.41, 5.74) is 0. The summed E-state index contributed by atoms with van der Waals surface area (Å²) in [5.74, 6) is -0.874. The standard InChI is InChI=1S/C59H110O6/c1-4-7-10-13-16-19-22-24-26-27-28-29-30-31-33-35-38-40-43-46-49-52-58(61)64-55-56(65-59(62)53-50-47-44-41-36-21-18-15-12-9-6-3)54-63-57(60)51-48-45-42-39-37-34-32-25-23-20-17-14-11-8-5-2/h15,18,25,32,56H,4-14,16-17,19-24,26-31,33-55H2,1-3H3/b18-15-,32-25-/t56-/m1/s1. The van der Waals surface area contributed by atoms with Crippen LogP contribution >= 0.6 is 0 Å². The van der Waals surface area contributed by atoms with E-state index in [4.69, 9.17) is 14.2 Å². The summed E-state index contributed by atoms with van der Waals surface area (Å²) in [6.45, 7) is 6.63.